The smallest absolute Gasteiger partial charge is 0.269 e. The molecule has 1 aliphatic rings. The number of hydrogen-bond acceptors (Lipinski definition) is 6. The van der Waals surface area contributed by atoms with Crippen LogP contribution < -0.4 is 10.2 Å². The van der Waals surface area contributed by atoms with Gasteiger partial charge in [0.05, 0.1) is 10.6 Å². The van der Waals surface area contributed by atoms with Crippen molar-refractivity contribution in [2.45, 2.75) is 19.3 Å². The molecule has 0 spiro atoms. The predicted octanol–water partition coefficient (Wildman–Crippen LogP) is 5.36. The molecule has 1 aromatic heterocycles. The van der Waals surface area contributed by atoms with Crippen LogP contribution in [0.15, 0.2) is 60.0 Å². The van der Waals surface area contributed by atoms with Gasteiger partial charge in [-0.3, -0.25) is 14.9 Å². The van der Waals surface area contributed by atoms with Gasteiger partial charge in [0, 0.05) is 47.9 Å². The second kappa shape index (κ2) is 9.53. The number of nitrogens with one attached hydrogen (secondary N) is 1. The maximum absolute atomic E-state index is 12.3. The SMILES string of the molecule is O=C(C=Cc1ccc([N+](=O)[O-])cc1)Nc1cccc(-c2csc(N3CCCCC3)n2)c1. The van der Waals surface area contributed by atoms with Crippen molar-refractivity contribution in [3.8, 4) is 11.3 Å². The molecule has 1 fully saturated rings. The second-order valence-corrected chi connectivity index (χ2v) is 8.15. The Morgan fingerprint density at radius 3 is 2.65 bits per heavy atom. The number of hydrogen-bond donors (Lipinski definition) is 1. The number of thiazole rings is 1. The van der Waals surface area contributed by atoms with Crippen LogP contribution in [0.4, 0.5) is 16.5 Å². The number of amides is 1. The summed E-state index contributed by atoms with van der Waals surface area (Å²) in [7, 11) is 0. The first kappa shape index (κ1) is 20.7. The first-order valence-electron chi connectivity index (χ1n) is 10.1. The Morgan fingerprint density at radius 2 is 1.90 bits per heavy atom. The fourth-order valence-electron chi connectivity index (χ4n) is 3.45. The Labute approximate surface area is 184 Å². The Morgan fingerprint density at radius 1 is 1.13 bits per heavy atom. The van der Waals surface area contributed by atoms with Crippen LogP contribution in [0.25, 0.3) is 17.3 Å². The van der Waals surface area contributed by atoms with Gasteiger partial charge in [0.2, 0.25) is 5.91 Å². The van der Waals surface area contributed by atoms with Gasteiger partial charge < -0.3 is 10.2 Å². The zero-order valence-electron chi connectivity index (χ0n) is 16.9. The summed E-state index contributed by atoms with van der Waals surface area (Å²) in [6.07, 6.45) is 6.74. The Balaban J connectivity index is 1.40. The number of nitro benzene ring substituents is 1. The van der Waals surface area contributed by atoms with E-state index in [1.165, 1.54) is 37.5 Å². The van der Waals surface area contributed by atoms with E-state index in [9.17, 15) is 14.9 Å². The standard InChI is InChI=1S/C23H22N4O3S/c28-22(12-9-17-7-10-20(11-8-17)27(29)30)24-19-6-4-5-18(15-19)21-16-31-23(25-21)26-13-2-1-3-14-26/h4-12,15-16H,1-3,13-14H2,(H,24,28). The number of benzene rings is 2. The largest absolute Gasteiger partial charge is 0.348 e. The molecule has 1 aliphatic heterocycles. The topological polar surface area (TPSA) is 88.4 Å². The summed E-state index contributed by atoms with van der Waals surface area (Å²) >= 11 is 1.65. The monoisotopic (exact) mass is 434 g/mol. The summed E-state index contributed by atoms with van der Waals surface area (Å²) < 4.78 is 0. The quantitative estimate of drug-likeness (QED) is 0.320. The number of aromatic nitrogens is 1. The Kier molecular flexibility index (Phi) is 6.37. The predicted molar refractivity (Wildman–Crippen MR) is 124 cm³/mol. The maximum atomic E-state index is 12.3. The van der Waals surface area contributed by atoms with Crippen molar-refractivity contribution in [2.75, 3.05) is 23.3 Å². The number of carbonyl (C=O) groups is 1. The van der Waals surface area contributed by atoms with E-state index in [4.69, 9.17) is 4.98 Å². The Hall–Kier alpha value is -3.52. The van der Waals surface area contributed by atoms with E-state index in [0.717, 1.165) is 29.5 Å². The zero-order chi connectivity index (χ0) is 21.6. The minimum atomic E-state index is -0.453. The van der Waals surface area contributed by atoms with E-state index >= 15 is 0 Å². The van der Waals surface area contributed by atoms with Crippen molar-refractivity contribution < 1.29 is 9.72 Å². The normalized spacial score (nSPS) is 14.0. The van der Waals surface area contributed by atoms with Gasteiger partial charge in [-0.2, -0.15) is 0 Å². The zero-order valence-corrected chi connectivity index (χ0v) is 17.7. The summed E-state index contributed by atoms with van der Waals surface area (Å²) in [4.78, 5) is 29.7. The summed E-state index contributed by atoms with van der Waals surface area (Å²) in [6.45, 7) is 2.12. The Bertz CT molecular complexity index is 1100. The first-order chi connectivity index (χ1) is 15.1. The van der Waals surface area contributed by atoms with Gasteiger partial charge in [-0.15, -0.1) is 11.3 Å². The lowest BCUT2D eigenvalue weighted by atomic mass is 10.1. The van der Waals surface area contributed by atoms with Crippen LogP contribution >= 0.6 is 11.3 Å². The van der Waals surface area contributed by atoms with Gasteiger partial charge in [-0.05, 0) is 55.2 Å². The molecule has 1 N–H and O–H groups in total. The molecule has 31 heavy (non-hydrogen) atoms. The number of nitro groups is 1. The van der Waals surface area contributed by atoms with Gasteiger partial charge in [0.25, 0.3) is 5.69 Å². The van der Waals surface area contributed by atoms with E-state index in [1.54, 1.807) is 29.5 Å². The molecular weight excluding hydrogens is 412 g/mol. The molecule has 2 heterocycles. The highest BCUT2D eigenvalue weighted by molar-refractivity contribution is 7.14. The number of anilines is 2. The minimum Gasteiger partial charge on any atom is -0.348 e. The van der Waals surface area contributed by atoms with Gasteiger partial charge in [0.1, 0.15) is 0 Å². The lowest BCUT2D eigenvalue weighted by molar-refractivity contribution is -0.384. The molecule has 8 heteroatoms. The summed E-state index contributed by atoms with van der Waals surface area (Å²) in [6, 6.07) is 13.6. The molecule has 1 saturated heterocycles. The number of rotatable bonds is 6. The lowest BCUT2D eigenvalue weighted by Gasteiger charge is -2.25. The molecule has 0 radical (unpaired) electrons. The molecule has 158 valence electrons. The molecule has 0 bridgehead atoms. The average molecular weight is 435 g/mol. The van der Waals surface area contributed by atoms with Gasteiger partial charge in [-0.25, -0.2) is 4.98 Å². The van der Waals surface area contributed by atoms with E-state index < -0.39 is 4.92 Å². The first-order valence-corrected chi connectivity index (χ1v) is 11.0. The third-order valence-electron chi connectivity index (χ3n) is 5.08. The van der Waals surface area contributed by atoms with Crippen LogP contribution in [-0.2, 0) is 4.79 Å². The van der Waals surface area contributed by atoms with Gasteiger partial charge >= 0.3 is 0 Å². The van der Waals surface area contributed by atoms with Crippen molar-refractivity contribution in [1.29, 1.82) is 0 Å². The molecule has 0 atom stereocenters. The van der Waals surface area contributed by atoms with Crippen LogP contribution in [-0.4, -0.2) is 28.9 Å². The maximum Gasteiger partial charge on any atom is 0.269 e. The summed E-state index contributed by atoms with van der Waals surface area (Å²) in [5.41, 5.74) is 3.27. The van der Waals surface area contributed by atoms with Crippen LogP contribution in [0, 0.1) is 10.1 Å². The van der Waals surface area contributed by atoms with Crippen LogP contribution in [0.3, 0.4) is 0 Å². The molecule has 7 nitrogen and oxygen atoms in total. The number of carbonyl (C=O) groups excluding carboxylic acids is 1. The van der Waals surface area contributed by atoms with Crippen molar-refractivity contribution in [3.05, 3.63) is 75.7 Å². The fourth-order valence-corrected chi connectivity index (χ4v) is 4.34. The summed E-state index contributed by atoms with van der Waals surface area (Å²) in [5.74, 6) is -0.275. The van der Waals surface area contributed by atoms with Crippen molar-refractivity contribution in [1.82, 2.24) is 4.98 Å². The number of piperidine rings is 1. The van der Waals surface area contributed by atoms with E-state index in [0.29, 0.717) is 11.3 Å². The van der Waals surface area contributed by atoms with E-state index in [-0.39, 0.29) is 11.6 Å². The van der Waals surface area contributed by atoms with Crippen molar-refractivity contribution in [3.63, 3.8) is 0 Å². The third-order valence-corrected chi connectivity index (χ3v) is 5.98. The molecule has 0 saturated carbocycles. The number of nitrogens with zero attached hydrogens (tertiary/aromatic N) is 3. The second-order valence-electron chi connectivity index (χ2n) is 7.32. The molecule has 0 aliphatic carbocycles. The third kappa shape index (κ3) is 5.35. The van der Waals surface area contributed by atoms with E-state index in [2.05, 4.69) is 15.6 Å². The molecule has 3 aromatic rings. The van der Waals surface area contributed by atoms with Crippen molar-refractivity contribution >= 4 is 39.8 Å². The van der Waals surface area contributed by atoms with Gasteiger partial charge in [-0.1, -0.05) is 12.1 Å². The molecule has 2 aromatic carbocycles. The highest BCUT2D eigenvalue weighted by atomic mass is 32.1. The fraction of sp³-hybridized carbons (Fsp3) is 0.217. The van der Waals surface area contributed by atoms with Crippen molar-refractivity contribution in [2.24, 2.45) is 0 Å². The van der Waals surface area contributed by atoms with Crippen LogP contribution in [0.5, 0.6) is 0 Å². The molecule has 4 rings (SSSR count). The molecule has 1 amide bonds. The highest BCUT2D eigenvalue weighted by Crippen LogP contribution is 2.30. The van der Waals surface area contributed by atoms with Crippen LogP contribution in [0.1, 0.15) is 24.8 Å². The lowest BCUT2D eigenvalue weighted by Crippen LogP contribution is -2.29. The minimum absolute atomic E-state index is 0.0175. The number of non-ortho nitro benzene ring substituents is 1. The average Bonchev–Trinajstić information content (AvgIpc) is 3.29. The van der Waals surface area contributed by atoms with E-state index in [1.807, 2.05) is 24.3 Å². The molecule has 0 unspecified atom stereocenters. The van der Waals surface area contributed by atoms with Gasteiger partial charge in [0.15, 0.2) is 5.13 Å². The molecular formula is C23H22N4O3S. The van der Waals surface area contributed by atoms with Crippen LogP contribution in [0.2, 0.25) is 0 Å². The highest BCUT2D eigenvalue weighted by Gasteiger charge is 2.15. The summed E-state index contributed by atoms with van der Waals surface area (Å²) in [5, 5.41) is 16.7.